The van der Waals surface area contributed by atoms with Crippen LogP contribution < -0.4 is 5.73 Å². The molecule has 0 aliphatic carbocycles. The standard InChI is InChI=1S/C14H17F2N3/c1-3-12(4-2)19-8-13(17)14(18-19)9-5-10(15)7-11(16)6-9/h5-8,12H,3-4,17H2,1-2H3. The predicted molar refractivity (Wildman–Crippen MR) is 71.6 cm³/mol. The summed E-state index contributed by atoms with van der Waals surface area (Å²) in [5.74, 6) is -1.27. The van der Waals surface area contributed by atoms with Gasteiger partial charge in [0.25, 0.3) is 0 Å². The minimum atomic E-state index is -0.633. The van der Waals surface area contributed by atoms with Gasteiger partial charge >= 0.3 is 0 Å². The van der Waals surface area contributed by atoms with Crippen LogP contribution in [0.2, 0.25) is 0 Å². The summed E-state index contributed by atoms with van der Waals surface area (Å²) in [6.07, 6.45) is 3.57. The summed E-state index contributed by atoms with van der Waals surface area (Å²) in [4.78, 5) is 0. The van der Waals surface area contributed by atoms with E-state index in [4.69, 9.17) is 5.73 Å². The average molecular weight is 265 g/mol. The smallest absolute Gasteiger partial charge is 0.126 e. The van der Waals surface area contributed by atoms with Gasteiger partial charge in [-0.05, 0) is 25.0 Å². The monoisotopic (exact) mass is 265 g/mol. The fourth-order valence-electron chi connectivity index (χ4n) is 2.17. The molecule has 0 saturated heterocycles. The van der Waals surface area contributed by atoms with E-state index in [0.29, 0.717) is 16.9 Å². The number of benzene rings is 1. The molecule has 0 saturated carbocycles. The molecule has 1 aromatic carbocycles. The van der Waals surface area contributed by atoms with Crippen LogP contribution in [-0.2, 0) is 0 Å². The molecule has 0 atom stereocenters. The van der Waals surface area contributed by atoms with Crippen LogP contribution in [0, 0.1) is 11.6 Å². The quantitative estimate of drug-likeness (QED) is 0.914. The minimum absolute atomic E-state index is 0.245. The van der Waals surface area contributed by atoms with Gasteiger partial charge < -0.3 is 5.73 Å². The molecule has 2 rings (SSSR count). The first-order chi connectivity index (χ1) is 9.05. The molecule has 2 N–H and O–H groups in total. The summed E-state index contributed by atoms with van der Waals surface area (Å²) >= 11 is 0. The fourth-order valence-corrected chi connectivity index (χ4v) is 2.17. The minimum Gasteiger partial charge on any atom is -0.396 e. The Labute approximate surface area is 111 Å². The number of hydrogen-bond donors (Lipinski definition) is 1. The van der Waals surface area contributed by atoms with E-state index in [1.165, 1.54) is 12.1 Å². The highest BCUT2D eigenvalue weighted by Crippen LogP contribution is 2.28. The van der Waals surface area contributed by atoms with Gasteiger partial charge in [0.15, 0.2) is 0 Å². The van der Waals surface area contributed by atoms with Crippen molar-refractivity contribution in [1.29, 1.82) is 0 Å². The highest BCUT2D eigenvalue weighted by atomic mass is 19.1. The van der Waals surface area contributed by atoms with E-state index in [0.717, 1.165) is 18.9 Å². The Hall–Kier alpha value is -1.91. The zero-order chi connectivity index (χ0) is 14.0. The van der Waals surface area contributed by atoms with Crippen molar-refractivity contribution < 1.29 is 8.78 Å². The van der Waals surface area contributed by atoms with Gasteiger partial charge in [0, 0.05) is 17.8 Å². The number of rotatable bonds is 4. The molecule has 1 heterocycles. The molecule has 19 heavy (non-hydrogen) atoms. The maximum Gasteiger partial charge on any atom is 0.126 e. The summed E-state index contributed by atoms with van der Waals surface area (Å²) < 4.78 is 28.2. The van der Waals surface area contributed by atoms with Gasteiger partial charge in [-0.2, -0.15) is 5.10 Å². The first kappa shape index (κ1) is 13.5. The first-order valence-electron chi connectivity index (χ1n) is 6.36. The first-order valence-corrected chi connectivity index (χ1v) is 6.36. The second kappa shape index (κ2) is 5.38. The second-order valence-electron chi connectivity index (χ2n) is 4.54. The third-order valence-electron chi connectivity index (χ3n) is 3.21. The zero-order valence-electron chi connectivity index (χ0n) is 11.0. The third-order valence-corrected chi connectivity index (χ3v) is 3.21. The molecule has 0 unspecified atom stereocenters. The van der Waals surface area contributed by atoms with Crippen molar-refractivity contribution in [3.63, 3.8) is 0 Å². The lowest BCUT2D eigenvalue weighted by Crippen LogP contribution is -2.07. The number of nitrogens with zero attached hydrogens (tertiary/aromatic N) is 2. The van der Waals surface area contributed by atoms with Crippen LogP contribution in [0.25, 0.3) is 11.3 Å². The Balaban J connectivity index is 2.45. The molecular weight excluding hydrogens is 248 g/mol. The molecule has 0 bridgehead atoms. The van der Waals surface area contributed by atoms with Gasteiger partial charge in [-0.3, -0.25) is 4.68 Å². The predicted octanol–water partition coefficient (Wildman–Crippen LogP) is 3.77. The van der Waals surface area contributed by atoms with Crippen LogP contribution in [0.15, 0.2) is 24.4 Å². The SMILES string of the molecule is CCC(CC)n1cc(N)c(-c2cc(F)cc(F)c2)n1. The van der Waals surface area contributed by atoms with Crippen LogP contribution in [0.3, 0.4) is 0 Å². The van der Waals surface area contributed by atoms with E-state index in [-0.39, 0.29) is 6.04 Å². The Kier molecular flexibility index (Phi) is 3.83. The summed E-state index contributed by atoms with van der Waals surface area (Å²) in [6, 6.07) is 3.55. The number of aromatic nitrogens is 2. The van der Waals surface area contributed by atoms with Crippen molar-refractivity contribution in [2.24, 2.45) is 0 Å². The highest BCUT2D eigenvalue weighted by molar-refractivity contribution is 5.71. The van der Waals surface area contributed by atoms with Gasteiger partial charge in [-0.15, -0.1) is 0 Å². The van der Waals surface area contributed by atoms with E-state index in [1.54, 1.807) is 10.9 Å². The second-order valence-corrected chi connectivity index (χ2v) is 4.54. The molecule has 3 nitrogen and oxygen atoms in total. The lowest BCUT2D eigenvalue weighted by molar-refractivity contribution is 0.429. The van der Waals surface area contributed by atoms with Gasteiger partial charge in [-0.1, -0.05) is 13.8 Å². The van der Waals surface area contributed by atoms with E-state index >= 15 is 0 Å². The molecule has 2 aromatic rings. The molecule has 0 radical (unpaired) electrons. The van der Waals surface area contributed by atoms with Crippen LogP contribution in [0.5, 0.6) is 0 Å². The van der Waals surface area contributed by atoms with Crippen LogP contribution in [-0.4, -0.2) is 9.78 Å². The summed E-state index contributed by atoms with van der Waals surface area (Å²) in [5.41, 5.74) is 7.10. The van der Waals surface area contributed by atoms with Crippen LogP contribution in [0.4, 0.5) is 14.5 Å². The van der Waals surface area contributed by atoms with Gasteiger partial charge in [0.2, 0.25) is 0 Å². The normalized spacial score (nSPS) is 11.2. The highest BCUT2D eigenvalue weighted by Gasteiger charge is 2.14. The summed E-state index contributed by atoms with van der Waals surface area (Å²) in [7, 11) is 0. The number of halogens is 2. The van der Waals surface area contributed by atoms with E-state index < -0.39 is 11.6 Å². The molecule has 5 heteroatoms. The molecule has 0 aliphatic rings. The largest absolute Gasteiger partial charge is 0.396 e. The summed E-state index contributed by atoms with van der Waals surface area (Å²) in [5, 5.41) is 4.36. The Morgan fingerprint density at radius 3 is 2.26 bits per heavy atom. The average Bonchev–Trinajstić information content (AvgIpc) is 2.71. The summed E-state index contributed by atoms with van der Waals surface area (Å²) in [6.45, 7) is 4.13. The van der Waals surface area contributed by atoms with Crippen molar-refractivity contribution in [1.82, 2.24) is 9.78 Å². The van der Waals surface area contributed by atoms with Crippen molar-refractivity contribution >= 4 is 5.69 Å². The molecule has 0 spiro atoms. The van der Waals surface area contributed by atoms with Crippen LogP contribution >= 0.6 is 0 Å². The van der Waals surface area contributed by atoms with Crippen molar-refractivity contribution in [3.05, 3.63) is 36.0 Å². The molecule has 0 amide bonds. The van der Waals surface area contributed by atoms with Gasteiger partial charge in [0.05, 0.1) is 11.7 Å². The van der Waals surface area contributed by atoms with Crippen molar-refractivity contribution in [2.45, 2.75) is 32.7 Å². The Morgan fingerprint density at radius 1 is 1.16 bits per heavy atom. The third kappa shape index (κ3) is 2.75. The van der Waals surface area contributed by atoms with Crippen molar-refractivity contribution in [3.8, 4) is 11.3 Å². The number of hydrogen-bond acceptors (Lipinski definition) is 2. The zero-order valence-corrected chi connectivity index (χ0v) is 11.0. The van der Waals surface area contributed by atoms with E-state index in [2.05, 4.69) is 18.9 Å². The molecule has 102 valence electrons. The lowest BCUT2D eigenvalue weighted by Gasteiger charge is -2.12. The molecule has 0 aliphatic heterocycles. The van der Waals surface area contributed by atoms with E-state index in [1.807, 2.05) is 0 Å². The molecule has 0 fully saturated rings. The number of anilines is 1. The van der Waals surface area contributed by atoms with Crippen LogP contribution in [0.1, 0.15) is 32.7 Å². The van der Waals surface area contributed by atoms with Gasteiger partial charge in [0.1, 0.15) is 17.3 Å². The van der Waals surface area contributed by atoms with Crippen molar-refractivity contribution in [2.75, 3.05) is 5.73 Å². The topological polar surface area (TPSA) is 43.8 Å². The maximum absolute atomic E-state index is 13.2. The fraction of sp³-hybridized carbons (Fsp3) is 0.357. The lowest BCUT2D eigenvalue weighted by atomic mass is 10.1. The maximum atomic E-state index is 13.2. The Morgan fingerprint density at radius 2 is 1.74 bits per heavy atom. The number of nitrogens with two attached hydrogens (primary N) is 1. The number of nitrogen functional groups attached to an aromatic ring is 1. The molecule has 1 aromatic heterocycles. The van der Waals surface area contributed by atoms with Gasteiger partial charge in [-0.25, -0.2) is 8.78 Å². The molecular formula is C14H17F2N3. The van der Waals surface area contributed by atoms with E-state index in [9.17, 15) is 8.78 Å². The Bertz CT molecular complexity index is 554.